The van der Waals surface area contributed by atoms with Gasteiger partial charge in [0.15, 0.2) is 12.0 Å². The van der Waals surface area contributed by atoms with Gasteiger partial charge in [0.1, 0.15) is 0 Å². The molecule has 1 aromatic heterocycles. The molecule has 0 saturated heterocycles. The van der Waals surface area contributed by atoms with Crippen molar-refractivity contribution in [1.29, 1.82) is 0 Å². The Labute approximate surface area is 167 Å². The van der Waals surface area contributed by atoms with Crippen LogP contribution in [0.25, 0.3) is 10.9 Å². The van der Waals surface area contributed by atoms with Crippen LogP contribution < -0.4 is 11.0 Å². The van der Waals surface area contributed by atoms with Crippen LogP contribution in [-0.4, -0.2) is 20.9 Å². The van der Waals surface area contributed by atoms with E-state index in [1.807, 2.05) is 90.1 Å². The van der Waals surface area contributed by atoms with Crippen molar-refractivity contribution in [2.24, 2.45) is 5.10 Å². The first-order chi connectivity index (χ1) is 14.3. The van der Waals surface area contributed by atoms with Crippen LogP contribution >= 0.6 is 0 Å². The van der Waals surface area contributed by atoms with Crippen LogP contribution in [0.3, 0.4) is 0 Å². The van der Waals surface area contributed by atoms with E-state index in [2.05, 4.69) is 5.43 Å². The third-order valence-electron chi connectivity index (χ3n) is 4.97. The minimum Gasteiger partial charge on any atom is -0.293 e. The Kier molecular flexibility index (Phi) is 4.29. The van der Waals surface area contributed by atoms with Crippen LogP contribution in [0.5, 0.6) is 0 Å². The van der Waals surface area contributed by atoms with E-state index in [0.29, 0.717) is 23.3 Å². The summed E-state index contributed by atoms with van der Waals surface area (Å²) in [6, 6.07) is 27.3. The minimum atomic E-state index is -0.288. The van der Waals surface area contributed by atoms with Crippen molar-refractivity contribution >= 4 is 17.1 Å². The topological polar surface area (TPSA) is 62.5 Å². The van der Waals surface area contributed by atoms with Gasteiger partial charge in [0.05, 0.1) is 23.7 Å². The molecule has 0 spiro atoms. The lowest BCUT2D eigenvalue weighted by Crippen LogP contribution is -2.46. The molecule has 3 aromatic carbocycles. The number of hydrogen-bond acceptors (Lipinski definition) is 5. The van der Waals surface area contributed by atoms with Gasteiger partial charge in [-0.1, -0.05) is 72.8 Å². The van der Waals surface area contributed by atoms with Crippen LogP contribution in [-0.2, 0) is 6.54 Å². The first kappa shape index (κ1) is 17.2. The second-order valence-electron chi connectivity index (χ2n) is 6.88. The van der Waals surface area contributed by atoms with Gasteiger partial charge in [-0.3, -0.25) is 15.2 Å². The van der Waals surface area contributed by atoms with E-state index in [0.717, 1.165) is 11.1 Å². The molecule has 5 rings (SSSR count). The Morgan fingerprint density at radius 1 is 0.931 bits per heavy atom. The molecule has 1 N–H and O–H groups in total. The van der Waals surface area contributed by atoms with E-state index >= 15 is 0 Å². The normalized spacial score (nSPS) is 16.0. The van der Waals surface area contributed by atoms with Gasteiger partial charge in [0, 0.05) is 0 Å². The molecule has 1 aliphatic rings. The van der Waals surface area contributed by atoms with Gasteiger partial charge in [-0.05, 0) is 23.3 Å². The highest BCUT2D eigenvalue weighted by Gasteiger charge is 2.28. The van der Waals surface area contributed by atoms with Gasteiger partial charge < -0.3 is 0 Å². The summed E-state index contributed by atoms with van der Waals surface area (Å²) in [5, 5.41) is 7.22. The third kappa shape index (κ3) is 3.25. The van der Waals surface area contributed by atoms with E-state index in [1.165, 1.54) is 0 Å². The van der Waals surface area contributed by atoms with E-state index in [4.69, 9.17) is 10.1 Å². The number of benzene rings is 3. The Hall–Kier alpha value is -3.93. The molecule has 0 fully saturated rings. The molecule has 0 saturated carbocycles. The molecular weight excluding hydrogens is 362 g/mol. The summed E-state index contributed by atoms with van der Waals surface area (Å²) in [4.78, 5) is 17.7. The van der Waals surface area contributed by atoms with E-state index in [9.17, 15) is 4.79 Å². The summed E-state index contributed by atoms with van der Waals surface area (Å²) in [5.41, 5.74) is 5.93. The number of nitrogens with zero attached hydrogens (tertiary/aromatic N) is 4. The van der Waals surface area contributed by atoms with Gasteiger partial charge in [0.2, 0.25) is 0 Å². The fraction of sp³-hybridized carbons (Fsp3) is 0.0870. The van der Waals surface area contributed by atoms with Crippen LogP contribution in [0.2, 0.25) is 0 Å². The number of rotatable bonds is 3. The van der Waals surface area contributed by atoms with E-state index in [1.54, 1.807) is 10.7 Å². The molecule has 2 heterocycles. The maximum absolute atomic E-state index is 13.0. The van der Waals surface area contributed by atoms with E-state index < -0.39 is 0 Å². The summed E-state index contributed by atoms with van der Waals surface area (Å²) in [7, 11) is 0. The van der Waals surface area contributed by atoms with Gasteiger partial charge in [-0.15, -0.1) is 0 Å². The SMILES string of the molecule is O=c1c2ccccc2nc2n1NC(c1ccccc1)N(/N=C/c1ccccc1)C2. The largest absolute Gasteiger partial charge is 0.293 e. The first-order valence-electron chi connectivity index (χ1n) is 9.47. The Morgan fingerprint density at radius 2 is 1.62 bits per heavy atom. The molecule has 4 aromatic rings. The summed E-state index contributed by atoms with van der Waals surface area (Å²) in [5.74, 6) is 0.631. The summed E-state index contributed by atoms with van der Waals surface area (Å²) in [6.07, 6.45) is 1.54. The smallest absolute Gasteiger partial charge is 0.280 e. The molecule has 1 aliphatic heterocycles. The van der Waals surface area contributed by atoms with Crippen molar-refractivity contribution in [3.8, 4) is 0 Å². The molecular formula is C23H19N5O. The summed E-state index contributed by atoms with van der Waals surface area (Å²) < 4.78 is 1.55. The average molecular weight is 381 g/mol. The number of nitrogens with one attached hydrogen (secondary N) is 1. The first-order valence-corrected chi connectivity index (χ1v) is 9.47. The molecule has 1 atom stereocenters. The Morgan fingerprint density at radius 3 is 2.41 bits per heavy atom. The molecule has 6 heteroatoms. The lowest BCUT2D eigenvalue weighted by molar-refractivity contribution is 0.173. The standard InChI is InChI=1S/C23H19N5O/c29-23-19-13-7-8-14-20(19)25-21-16-27(24-15-17-9-3-1-4-10-17)22(26-28(21)23)18-11-5-2-6-12-18/h1-15,22,26H,16H2/b24-15+. The van der Waals surface area contributed by atoms with Gasteiger partial charge >= 0.3 is 0 Å². The lowest BCUT2D eigenvalue weighted by atomic mass is 10.1. The maximum Gasteiger partial charge on any atom is 0.280 e. The monoisotopic (exact) mass is 381 g/mol. The molecule has 142 valence electrons. The Bertz CT molecular complexity index is 1230. The van der Waals surface area contributed by atoms with Crippen molar-refractivity contribution in [1.82, 2.24) is 14.7 Å². The predicted molar refractivity (Wildman–Crippen MR) is 114 cm³/mol. The van der Waals surface area contributed by atoms with Gasteiger partial charge in [0.25, 0.3) is 5.56 Å². The van der Waals surface area contributed by atoms with Crippen LogP contribution in [0.1, 0.15) is 23.1 Å². The number of fused-ring (bicyclic) bond motifs is 2. The highest BCUT2D eigenvalue weighted by Crippen LogP contribution is 2.25. The zero-order chi connectivity index (χ0) is 19.6. The molecule has 0 amide bonds. The molecule has 0 aliphatic carbocycles. The van der Waals surface area contributed by atoms with Crippen molar-refractivity contribution in [2.75, 3.05) is 5.43 Å². The summed E-state index contributed by atoms with van der Waals surface area (Å²) >= 11 is 0. The highest BCUT2D eigenvalue weighted by atomic mass is 16.1. The quantitative estimate of drug-likeness (QED) is 0.552. The predicted octanol–water partition coefficient (Wildman–Crippen LogP) is 3.49. The number of hydrogen-bond donors (Lipinski definition) is 1. The van der Waals surface area contributed by atoms with Crippen LogP contribution in [0.15, 0.2) is 94.8 Å². The molecule has 29 heavy (non-hydrogen) atoms. The fourth-order valence-electron chi connectivity index (χ4n) is 3.51. The van der Waals surface area contributed by atoms with Crippen LogP contribution in [0.4, 0.5) is 0 Å². The van der Waals surface area contributed by atoms with Crippen molar-refractivity contribution in [3.63, 3.8) is 0 Å². The average Bonchev–Trinajstić information content (AvgIpc) is 2.79. The zero-order valence-corrected chi connectivity index (χ0v) is 15.6. The maximum atomic E-state index is 13.0. The van der Waals surface area contributed by atoms with Gasteiger partial charge in [-0.25, -0.2) is 9.66 Å². The zero-order valence-electron chi connectivity index (χ0n) is 15.6. The second-order valence-corrected chi connectivity index (χ2v) is 6.88. The molecule has 0 bridgehead atoms. The third-order valence-corrected chi connectivity index (χ3v) is 4.97. The van der Waals surface area contributed by atoms with E-state index in [-0.39, 0.29) is 11.7 Å². The summed E-state index contributed by atoms with van der Waals surface area (Å²) in [6.45, 7) is 0.413. The Balaban J connectivity index is 1.60. The van der Waals surface area contributed by atoms with Crippen molar-refractivity contribution in [3.05, 3.63) is 112 Å². The minimum absolute atomic E-state index is 0.0989. The van der Waals surface area contributed by atoms with Crippen molar-refractivity contribution in [2.45, 2.75) is 12.7 Å². The highest BCUT2D eigenvalue weighted by molar-refractivity contribution is 5.79. The number of para-hydroxylation sites is 1. The van der Waals surface area contributed by atoms with Gasteiger partial charge in [-0.2, -0.15) is 5.10 Å². The molecule has 6 nitrogen and oxygen atoms in total. The van der Waals surface area contributed by atoms with Crippen molar-refractivity contribution < 1.29 is 0 Å². The lowest BCUT2D eigenvalue weighted by Gasteiger charge is -2.36. The fourth-order valence-corrected chi connectivity index (χ4v) is 3.51. The number of aromatic nitrogens is 2. The molecule has 0 radical (unpaired) electrons. The second kappa shape index (κ2) is 7.24. The van der Waals surface area contributed by atoms with Crippen LogP contribution in [0, 0.1) is 0 Å². The molecule has 1 unspecified atom stereocenters. The number of hydrazone groups is 1.